The first-order valence-corrected chi connectivity index (χ1v) is 19.6. The van der Waals surface area contributed by atoms with E-state index in [1.807, 2.05) is 0 Å². The van der Waals surface area contributed by atoms with Crippen molar-refractivity contribution in [3.05, 3.63) is 77.1 Å². The number of quaternary nitrogens is 1. The third-order valence-electron chi connectivity index (χ3n) is 11.6. The lowest BCUT2D eigenvalue weighted by Crippen LogP contribution is -2.63. The van der Waals surface area contributed by atoms with Gasteiger partial charge >= 0.3 is 6.18 Å². The lowest BCUT2D eigenvalue weighted by molar-refractivity contribution is -0.931. The van der Waals surface area contributed by atoms with Gasteiger partial charge in [-0.2, -0.15) is 18.3 Å². The highest BCUT2D eigenvalue weighted by Gasteiger charge is 2.42. The minimum absolute atomic E-state index is 0.0112. The summed E-state index contributed by atoms with van der Waals surface area (Å²) < 4.78 is 45.4. The van der Waals surface area contributed by atoms with Crippen LogP contribution in [0.2, 0.25) is 5.02 Å². The van der Waals surface area contributed by atoms with Crippen molar-refractivity contribution in [3.8, 4) is 17.1 Å². The Hall–Kier alpha value is -5.79. The summed E-state index contributed by atoms with van der Waals surface area (Å²) in [7, 11) is 1.41. The van der Waals surface area contributed by atoms with Gasteiger partial charge in [0.2, 0.25) is 5.91 Å². The van der Waals surface area contributed by atoms with Crippen LogP contribution < -0.4 is 15.7 Å². The number of rotatable bonds is 10. The third kappa shape index (κ3) is 8.13. The second-order valence-electron chi connectivity index (χ2n) is 15.5. The molecule has 3 aliphatic rings. The molecule has 4 aromatic heterocycles. The van der Waals surface area contributed by atoms with Gasteiger partial charge in [-0.1, -0.05) is 11.6 Å². The average Bonchev–Trinajstić information content (AvgIpc) is 3.94. The summed E-state index contributed by atoms with van der Waals surface area (Å²) in [6, 6.07) is 9.27. The molecule has 310 valence electrons. The van der Waals surface area contributed by atoms with E-state index in [1.165, 1.54) is 42.1 Å². The highest BCUT2D eigenvalue weighted by atomic mass is 35.5. The van der Waals surface area contributed by atoms with Crippen molar-refractivity contribution in [1.82, 2.24) is 44.4 Å². The third-order valence-corrected chi connectivity index (χ3v) is 12.0. The summed E-state index contributed by atoms with van der Waals surface area (Å²) in [6.45, 7) is 4.95. The number of H-pyrrole nitrogens is 1. The SMILES string of the molecule is Cn1c(-c2cn(-c3ccc4[nH]ccc4n3)nc2C(F)(F)F)cnc1C(=O)Nc1ccc(C(=O)N2CCN(C(=O)C3CC[N+](CC(=O)[O-])(CC4CNC4)CC3)CC2)c(Cl)c1. The summed E-state index contributed by atoms with van der Waals surface area (Å²) in [6.07, 6.45) is 0.379. The van der Waals surface area contributed by atoms with Crippen LogP contribution in [0, 0.1) is 11.8 Å². The molecule has 5 aromatic rings. The first-order chi connectivity index (χ1) is 28.2. The summed E-state index contributed by atoms with van der Waals surface area (Å²) in [5.74, 6) is -1.92. The van der Waals surface area contributed by atoms with E-state index in [1.54, 1.807) is 28.1 Å². The maximum Gasteiger partial charge on any atom is 0.435 e. The molecular weight excluding hydrogens is 795 g/mol. The molecular formula is C39H41ClF3N11O5. The first-order valence-electron chi connectivity index (χ1n) is 19.3. The van der Waals surface area contributed by atoms with Gasteiger partial charge in [-0.05, 0) is 36.4 Å². The Morgan fingerprint density at radius 1 is 1.02 bits per heavy atom. The summed E-state index contributed by atoms with van der Waals surface area (Å²) in [4.78, 5) is 66.8. The van der Waals surface area contributed by atoms with Crippen LogP contribution in [-0.2, 0) is 22.8 Å². The van der Waals surface area contributed by atoms with Gasteiger partial charge in [-0.25, -0.2) is 14.6 Å². The molecule has 0 unspecified atom stereocenters. The van der Waals surface area contributed by atoms with Crippen LogP contribution in [0.3, 0.4) is 0 Å². The molecule has 3 fully saturated rings. The van der Waals surface area contributed by atoms with Crippen molar-refractivity contribution in [3.63, 3.8) is 0 Å². The number of amides is 3. The maximum absolute atomic E-state index is 14.2. The van der Waals surface area contributed by atoms with E-state index in [9.17, 15) is 37.5 Å². The van der Waals surface area contributed by atoms with Crippen molar-refractivity contribution >= 4 is 52.0 Å². The second-order valence-corrected chi connectivity index (χ2v) is 15.9. The van der Waals surface area contributed by atoms with Gasteiger partial charge < -0.3 is 44.4 Å². The predicted octanol–water partition coefficient (Wildman–Crippen LogP) is 2.55. The second kappa shape index (κ2) is 15.8. The number of hydrogen-bond donors (Lipinski definition) is 3. The van der Waals surface area contributed by atoms with Crippen LogP contribution in [0.4, 0.5) is 18.9 Å². The molecule has 59 heavy (non-hydrogen) atoms. The Kier molecular flexibility index (Phi) is 10.7. The molecule has 3 saturated heterocycles. The molecule has 0 bridgehead atoms. The smallest absolute Gasteiger partial charge is 0.435 e. The van der Waals surface area contributed by atoms with Gasteiger partial charge in [0.05, 0.1) is 64.7 Å². The topological polar surface area (TPSA) is 186 Å². The quantitative estimate of drug-likeness (QED) is 0.178. The summed E-state index contributed by atoms with van der Waals surface area (Å²) >= 11 is 6.55. The molecule has 3 aliphatic heterocycles. The zero-order chi connectivity index (χ0) is 41.6. The van der Waals surface area contributed by atoms with Gasteiger partial charge in [-0.3, -0.25) is 14.4 Å². The number of alkyl halides is 3. The number of piperazine rings is 1. The van der Waals surface area contributed by atoms with E-state index >= 15 is 0 Å². The molecule has 20 heteroatoms. The Balaban J connectivity index is 0.883. The van der Waals surface area contributed by atoms with Gasteiger partial charge in [0, 0.05) is 89.1 Å². The van der Waals surface area contributed by atoms with E-state index in [4.69, 9.17) is 11.6 Å². The Morgan fingerprint density at radius 3 is 2.41 bits per heavy atom. The monoisotopic (exact) mass is 835 g/mol. The number of pyridine rings is 1. The van der Waals surface area contributed by atoms with E-state index in [2.05, 4.69) is 30.7 Å². The van der Waals surface area contributed by atoms with Crippen molar-refractivity contribution < 1.29 is 41.9 Å². The Labute approximate surface area is 340 Å². The number of carboxylic acids is 1. The highest BCUT2D eigenvalue weighted by molar-refractivity contribution is 6.34. The molecule has 3 N–H and O–H groups in total. The molecule has 0 radical (unpaired) electrons. The molecule has 3 amide bonds. The van der Waals surface area contributed by atoms with Gasteiger partial charge in [0.25, 0.3) is 11.8 Å². The molecule has 0 saturated carbocycles. The fraction of sp³-hybridized carbons (Fsp3) is 0.410. The number of carbonyl (C=O) groups excluding carboxylic acids is 4. The van der Waals surface area contributed by atoms with Gasteiger partial charge in [0.1, 0.15) is 6.54 Å². The Morgan fingerprint density at radius 2 is 1.75 bits per heavy atom. The number of carbonyl (C=O) groups is 4. The fourth-order valence-electron chi connectivity index (χ4n) is 8.39. The molecule has 8 rings (SSSR count). The number of carboxylic acid groups (broad SMARTS) is 1. The van der Waals surface area contributed by atoms with E-state index in [-0.39, 0.29) is 63.5 Å². The van der Waals surface area contributed by atoms with Crippen LogP contribution in [-0.4, -0.2) is 133 Å². The summed E-state index contributed by atoms with van der Waals surface area (Å²) in [5.41, 5.74) is 0.187. The number of anilines is 1. The number of nitrogens with one attached hydrogen (secondary N) is 3. The zero-order valence-electron chi connectivity index (χ0n) is 32.0. The molecule has 0 atom stereocenters. The minimum Gasteiger partial charge on any atom is -0.544 e. The fourth-order valence-corrected chi connectivity index (χ4v) is 8.65. The number of hydrogen-bond acceptors (Lipinski definition) is 9. The van der Waals surface area contributed by atoms with Gasteiger partial charge in [0.15, 0.2) is 17.3 Å². The van der Waals surface area contributed by atoms with Crippen LogP contribution in [0.5, 0.6) is 0 Å². The highest BCUT2D eigenvalue weighted by Crippen LogP contribution is 2.37. The van der Waals surface area contributed by atoms with Crippen molar-refractivity contribution in [2.24, 2.45) is 18.9 Å². The molecule has 0 aliphatic carbocycles. The van der Waals surface area contributed by atoms with Crippen LogP contribution in [0.1, 0.15) is 39.5 Å². The number of nitrogens with zero attached hydrogens (tertiary/aromatic N) is 8. The number of imidazole rings is 1. The number of piperidine rings is 1. The van der Waals surface area contributed by atoms with Crippen LogP contribution >= 0.6 is 11.6 Å². The largest absolute Gasteiger partial charge is 0.544 e. The normalized spacial score (nSPS) is 20.1. The zero-order valence-corrected chi connectivity index (χ0v) is 32.7. The number of benzene rings is 1. The molecule has 1 aromatic carbocycles. The van der Waals surface area contributed by atoms with E-state index in [0.29, 0.717) is 73.5 Å². The first kappa shape index (κ1) is 40.0. The number of aromatic nitrogens is 6. The number of halogens is 4. The average molecular weight is 836 g/mol. The van der Waals surface area contributed by atoms with Crippen LogP contribution in [0.15, 0.2) is 55.0 Å². The number of aromatic amines is 1. The van der Waals surface area contributed by atoms with Gasteiger partial charge in [-0.15, -0.1) is 0 Å². The maximum atomic E-state index is 14.2. The Bertz CT molecular complexity index is 2430. The van der Waals surface area contributed by atoms with E-state index in [0.717, 1.165) is 30.5 Å². The predicted molar refractivity (Wildman–Crippen MR) is 206 cm³/mol. The minimum atomic E-state index is -4.83. The number of aliphatic carboxylic acids is 1. The molecule has 0 spiro atoms. The lowest BCUT2D eigenvalue weighted by atomic mass is 9.90. The molecule has 16 nitrogen and oxygen atoms in total. The standard InChI is InChI=1S/C39H41ClF3N11O5/c1-50-31(27-20-53(49-34(27)39(41,42)43)32-5-4-29-30(48-32)6-9-45-29)19-46-35(50)36(57)47-25-2-3-26(28(40)16-25)38(59)52-12-10-51(11-13-52)37(58)24-7-14-54(15-8-24,22-33(55)56)21-23-17-44-18-23/h2-6,9,16,19-20,23-24,44H,7-8,10-15,17-18,21-22H2,1H3,(H2-,45,47,48,55,56,57,59). The van der Waals surface area contributed by atoms with Crippen molar-refractivity contribution in [1.29, 1.82) is 0 Å². The lowest BCUT2D eigenvalue weighted by Gasteiger charge is -2.47. The van der Waals surface area contributed by atoms with Crippen molar-refractivity contribution in [2.75, 3.05) is 70.8 Å². The summed E-state index contributed by atoms with van der Waals surface area (Å²) in [5, 5.41) is 21.3. The number of likely N-dealkylation sites (tertiary alicyclic amines) is 1. The van der Waals surface area contributed by atoms with Crippen molar-refractivity contribution in [2.45, 2.75) is 19.0 Å². The van der Waals surface area contributed by atoms with Crippen LogP contribution in [0.25, 0.3) is 28.1 Å². The molecule has 7 heterocycles. The van der Waals surface area contributed by atoms with E-state index < -0.39 is 23.7 Å². The number of fused-ring (bicyclic) bond motifs is 1.